The number of thioether (sulfide) groups is 1. The number of nitrogens with zero attached hydrogens (tertiary/aromatic N) is 2. The average molecular weight is 426 g/mol. The van der Waals surface area contributed by atoms with Gasteiger partial charge in [-0.15, -0.1) is 23.1 Å². The summed E-state index contributed by atoms with van der Waals surface area (Å²) >= 11 is 3.65. The smallest absolute Gasteiger partial charge is 0.220 e. The molecular formula is C22H23N3O2S2. The highest BCUT2D eigenvalue weighted by molar-refractivity contribution is 7.99. The van der Waals surface area contributed by atoms with E-state index < -0.39 is 0 Å². The van der Waals surface area contributed by atoms with E-state index in [0.29, 0.717) is 6.42 Å². The summed E-state index contributed by atoms with van der Waals surface area (Å²) in [5.74, 6) is 2.07. The highest BCUT2D eigenvalue weighted by atomic mass is 32.2. The second kappa shape index (κ2) is 7.22. The SMILES string of the molecule is Cc1nc2sc3c(c2c(-c2ccc(O)cc2)c1N1CCSC1)CCC(C(N)=O)C3. The Morgan fingerprint density at radius 3 is 2.79 bits per heavy atom. The minimum Gasteiger partial charge on any atom is -0.508 e. The number of hydrogen-bond donors (Lipinski definition) is 2. The third-order valence-corrected chi connectivity index (χ3v) is 8.09. The molecule has 0 radical (unpaired) electrons. The van der Waals surface area contributed by atoms with Crippen molar-refractivity contribution < 1.29 is 9.90 Å². The number of carbonyl (C=O) groups excluding carboxylic acids is 1. The fraction of sp³-hybridized carbons (Fsp3) is 0.364. The van der Waals surface area contributed by atoms with Gasteiger partial charge in [0, 0.05) is 34.0 Å². The van der Waals surface area contributed by atoms with Crippen molar-refractivity contribution in [3.8, 4) is 16.9 Å². The zero-order chi connectivity index (χ0) is 20.1. The molecule has 0 saturated carbocycles. The third-order valence-electron chi connectivity index (χ3n) is 5.97. The molecule has 150 valence electrons. The van der Waals surface area contributed by atoms with Crippen molar-refractivity contribution >= 4 is 44.9 Å². The van der Waals surface area contributed by atoms with Crippen molar-refractivity contribution in [2.24, 2.45) is 11.7 Å². The first-order valence-corrected chi connectivity index (χ1v) is 11.9. The summed E-state index contributed by atoms with van der Waals surface area (Å²) in [6, 6.07) is 7.49. The molecule has 3 N–H and O–H groups in total. The molecule has 1 atom stereocenters. The first-order chi connectivity index (χ1) is 14.0. The van der Waals surface area contributed by atoms with Crippen LogP contribution in [0.1, 0.15) is 22.6 Å². The summed E-state index contributed by atoms with van der Waals surface area (Å²) in [5, 5.41) is 11.0. The van der Waals surface area contributed by atoms with Crippen molar-refractivity contribution in [3.63, 3.8) is 0 Å². The number of carbonyl (C=O) groups is 1. The van der Waals surface area contributed by atoms with Gasteiger partial charge in [0.1, 0.15) is 10.6 Å². The van der Waals surface area contributed by atoms with E-state index in [9.17, 15) is 9.90 Å². The number of aromatic hydroxyl groups is 1. The molecule has 5 nitrogen and oxygen atoms in total. The van der Waals surface area contributed by atoms with Crippen LogP contribution in [0, 0.1) is 12.8 Å². The Hall–Kier alpha value is -2.25. The van der Waals surface area contributed by atoms with Gasteiger partial charge in [0.15, 0.2) is 0 Å². The molecule has 1 fully saturated rings. The standard InChI is InChI=1S/C22H23N3O2S2/c1-12-20(25-8-9-28-11-25)18(13-2-5-15(26)6-3-13)19-16-7-4-14(21(23)27)10-17(16)29-22(19)24-12/h2-3,5-6,14,26H,4,7-11H2,1H3,(H2,23,27). The van der Waals surface area contributed by atoms with Gasteiger partial charge in [-0.3, -0.25) is 4.79 Å². The lowest BCUT2D eigenvalue weighted by molar-refractivity contribution is -0.122. The van der Waals surface area contributed by atoms with Crippen LogP contribution in [0.3, 0.4) is 0 Å². The first-order valence-electron chi connectivity index (χ1n) is 9.89. The van der Waals surface area contributed by atoms with Crippen LogP contribution in [0.15, 0.2) is 24.3 Å². The molecule has 1 amide bonds. The molecule has 3 aromatic rings. The molecule has 5 rings (SSSR count). The fourth-order valence-corrected chi connectivity index (χ4v) is 6.85. The number of hydrogen-bond acceptors (Lipinski definition) is 6. The molecule has 1 saturated heterocycles. The number of phenolic OH excluding ortho intramolecular Hbond substituents is 1. The third kappa shape index (κ3) is 3.16. The van der Waals surface area contributed by atoms with Gasteiger partial charge in [-0.25, -0.2) is 4.98 Å². The maximum absolute atomic E-state index is 11.8. The molecule has 1 unspecified atom stereocenters. The number of anilines is 1. The summed E-state index contributed by atoms with van der Waals surface area (Å²) < 4.78 is 0. The Morgan fingerprint density at radius 1 is 1.31 bits per heavy atom. The van der Waals surface area contributed by atoms with Crippen LogP contribution >= 0.6 is 23.1 Å². The van der Waals surface area contributed by atoms with Crippen molar-refractivity contribution in [3.05, 3.63) is 40.4 Å². The quantitative estimate of drug-likeness (QED) is 0.661. The topological polar surface area (TPSA) is 79.5 Å². The number of pyridine rings is 1. The van der Waals surface area contributed by atoms with Gasteiger partial charge in [0.2, 0.25) is 5.91 Å². The molecule has 0 spiro atoms. The van der Waals surface area contributed by atoms with E-state index in [-0.39, 0.29) is 17.6 Å². The molecule has 2 aromatic heterocycles. The predicted octanol–water partition coefficient (Wildman–Crippen LogP) is 4.08. The van der Waals surface area contributed by atoms with Gasteiger partial charge in [0.05, 0.1) is 17.3 Å². The Morgan fingerprint density at radius 2 is 2.10 bits per heavy atom. The van der Waals surface area contributed by atoms with E-state index in [0.717, 1.165) is 47.1 Å². The van der Waals surface area contributed by atoms with Crippen LogP contribution in [-0.2, 0) is 17.6 Å². The first kappa shape index (κ1) is 18.8. The molecule has 1 aliphatic carbocycles. The largest absolute Gasteiger partial charge is 0.508 e. The van der Waals surface area contributed by atoms with Gasteiger partial charge in [-0.1, -0.05) is 12.1 Å². The van der Waals surface area contributed by atoms with E-state index in [2.05, 4.69) is 11.8 Å². The van der Waals surface area contributed by atoms with Crippen molar-refractivity contribution in [1.29, 1.82) is 0 Å². The lowest BCUT2D eigenvalue weighted by atomic mass is 9.85. The highest BCUT2D eigenvalue weighted by Gasteiger charge is 2.30. The second-order valence-electron chi connectivity index (χ2n) is 7.79. The number of aromatic nitrogens is 1. The summed E-state index contributed by atoms with van der Waals surface area (Å²) in [7, 11) is 0. The number of nitrogens with two attached hydrogens (primary N) is 1. The van der Waals surface area contributed by atoms with Gasteiger partial charge in [-0.05, 0) is 49.4 Å². The number of thiophene rings is 1. The van der Waals surface area contributed by atoms with E-state index >= 15 is 0 Å². The minimum atomic E-state index is -0.203. The molecule has 1 aromatic carbocycles. The van der Waals surface area contributed by atoms with Crippen LogP contribution in [0.25, 0.3) is 21.3 Å². The zero-order valence-corrected chi connectivity index (χ0v) is 17.9. The maximum atomic E-state index is 11.8. The lowest BCUT2D eigenvalue weighted by Gasteiger charge is -2.25. The van der Waals surface area contributed by atoms with Crippen LogP contribution in [0.4, 0.5) is 5.69 Å². The van der Waals surface area contributed by atoms with Gasteiger partial charge < -0.3 is 15.7 Å². The number of fused-ring (bicyclic) bond motifs is 3. The van der Waals surface area contributed by atoms with E-state index in [1.54, 1.807) is 23.5 Å². The van der Waals surface area contributed by atoms with Crippen molar-refractivity contribution in [1.82, 2.24) is 4.98 Å². The van der Waals surface area contributed by atoms with Gasteiger partial charge in [-0.2, -0.15) is 0 Å². The van der Waals surface area contributed by atoms with E-state index in [1.807, 2.05) is 23.9 Å². The number of aryl methyl sites for hydroxylation is 2. The molecule has 1 aliphatic heterocycles. The van der Waals surface area contributed by atoms with Crippen LogP contribution in [0.2, 0.25) is 0 Å². The Balaban J connectivity index is 1.78. The summed E-state index contributed by atoms with van der Waals surface area (Å²) in [6.07, 6.45) is 2.37. The molecule has 2 aliphatic rings. The van der Waals surface area contributed by atoms with Crippen LogP contribution < -0.4 is 10.6 Å². The Kier molecular flexibility index (Phi) is 4.67. The van der Waals surface area contributed by atoms with Gasteiger partial charge >= 0.3 is 0 Å². The summed E-state index contributed by atoms with van der Waals surface area (Å²) in [6.45, 7) is 3.10. The fourth-order valence-electron chi connectivity index (χ4n) is 4.54. The number of rotatable bonds is 3. The molecule has 3 heterocycles. The molecular weight excluding hydrogens is 402 g/mol. The lowest BCUT2D eigenvalue weighted by Crippen LogP contribution is -2.28. The zero-order valence-electron chi connectivity index (χ0n) is 16.3. The monoisotopic (exact) mass is 425 g/mol. The van der Waals surface area contributed by atoms with Crippen LogP contribution in [0.5, 0.6) is 5.75 Å². The molecule has 7 heteroatoms. The average Bonchev–Trinajstić information content (AvgIpc) is 3.34. The minimum absolute atomic E-state index is 0.0803. The number of benzene rings is 1. The Labute approximate surface area is 177 Å². The highest BCUT2D eigenvalue weighted by Crippen LogP contribution is 2.47. The number of phenols is 1. The molecule has 0 bridgehead atoms. The van der Waals surface area contributed by atoms with E-state index in [1.165, 1.54) is 27.1 Å². The number of primary amides is 1. The van der Waals surface area contributed by atoms with Crippen molar-refractivity contribution in [2.75, 3.05) is 23.1 Å². The van der Waals surface area contributed by atoms with Crippen molar-refractivity contribution in [2.45, 2.75) is 26.2 Å². The maximum Gasteiger partial charge on any atom is 0.220 e. The summed E-state index contributed by atoms with van der Waals surface area (Å²) in [5.41, 5.74) is 11.5. The second-order valence-corrected chi connectivity index (χ2v) is 9.95. The predicted molar refractivity (Wildman–Crippen MR) is 121 cm³/mol. The van der Waals surface area contributed by atoms with Gasteiger partial charge in [0.25, 0.3) is 0 Å². The molecule has 29 heavy (non-hydrogen) atoms. The van der Waals surface area contributed by atoms with Crippen LogP contribution in [-0.4, -0.2) is 34.2 Å². The normalized spacial score (nSPS) is 18.9. The Bertz CT molecular complexity index is 1100. The number of amides is 1. The van der Waals surface area contributed by atoms with E-state index in [4.69, 9.17) is 10.7 Å². The summed E-state index contributed by atoms with van der Waals surface area (Å²) in [4.78, 5) is 21.5.